The third-order valence-electron chi connectivity index (χ3n) is 5.64. The van der Waals surface area contributed by atoms with Gasteiger partial charge in [0.05, 0.1) is 17.5 Å². The van der Waals surface area contributed by atoms with Gasteiger partial charge in [-0.05, 0) is 57.5 Å². The van der Waals surface area contributed by atoms with Crippen LogP contribution in [0, 0.1) is 13.8 Å². The van der Waals surface area contributed by atoms with Crippen molar-refractivity contribution in [3.05, 3.63) is 82.9 Å². The third-order valence-corrected chi connectivity index (χ3v) is 7.62. The number of aryl methyl sites for hydroxylation is 1. The summed E-state index contributed by atoms with van der Waals surface area (Å²) in [6, 6.07) is 12.4. The lowest BCUT2D eigenvalue weighted by molar-refractivity contribution is 0.0519. The Kier molecular flexibility index (Phi) is 8.01. The van der Waals surface area contributed by atoms with Crippen LogP contribution < -0.4 is 0 Å². The van der Waals surface area contributed by atoms with Crippen LogP contribution in [0.1, 0.15) is 51.6 Å². The molecule has 8 nitrogen and oxygen atoms in total. The number of Topliss-reactive ketones (excluding diaryl/α,β-unsaturated/α-hetero) is 1. The van der Waals surface area contributed by atoms with Crippen molar-refractivity contribution < 1.29 is 22.7 Å². The highest BCUT2D eigenvalue weighted by Gasteiger charge is 2.35. The number of H-pyrrole nitrogens is 1. The molecule has 1 atom stereocenters. The molecular formula is C25H29N3O5S. The maximum Gasteiger partial charge on any atom is 0.355 e. The molecule has 3 rings (SSSR count). The summed E-state index contributed by atoms with van der Waals surface area (Å²) in [5.74, 6) is -0.957. The average Bonchev–Trinajstić information content (AvgIpc) is 3.13. The van der Waals surface area contributed by atoms with E-state index in [2.05, 4.69) is 9.97 Å². The smallest absolute Gasteiger partial charge is 0.355 e. The summed E-state index contributed by atoms with van der Waals surface area (Å²) in [6.45, 7) is 6.86. The fraction of sp³-hybridized carbons (Fsp3) is 0.320. The molecule has 1 aromatic carbocycles. The number of rotatable bonds is 10. The molecule has 0 fully saturated rings. The Balaban J connectivity index is 1.99. The second-order valence-corrected chi connectivity index (χ2v) is 9.78. The van der Waals surface area contributed by atoms with Gasteiger partial charge in [0.2, 0.25) is 10.0 Å². The highest BCUT2D eigenvalue weighted by Crippen LogP contribution is 2.25. The summed E-state index contributed by atoms with van der Waals surface area (Å²) in [4.78, 5) is 33.2. The van der Waals surface area contributed by atoms with Gasteiger partial charge in [0, 0.05) is 36.1 Å². The average molecular weight is 484 g/mol. The molecule has 0 saturated carbocycles. The lowest BCUT2D eigenvalue weighted by Gasteiger charge is -2.28. The number of ketones is 1. The highest BCUT2D eigenvalue weighted by atomic mass is 32.2. The molecule has 9 heteroatoms. The van der Waals surface area contributed by atoms with Crippen LogP contribution in [-0.4, -0.2) is 53.6 Å². The van der Waals surface area contributed by atoms with Gasteiger partial charge in [-0.3, -0.25) is 9.78 Å². The van der Waals surface area contributed by atoms with E-state index in [1.54, 1.807) is 58.2 Å². The largest absolute Gasteiger partial charge is 0.461 e. The van der Waals surface area contributed by atoms with Crippen molar-refractivity contribution >= 4 is 21.8 Å². The first-order valence-electron chi connectivity index (χ1n) is 11.1. The number of carbonyl (C=O) groups is 2. The van der Waals surface area contributed by atoms with E-state index in [0.29, 0.717) is 28.9 Å². The number of ether oxygens (including phenoxy) is 1. The molecule has 0 amide bonds. The number of pyridine rings is 1. The molecule has 0 radical (unpaired) electrons. The number of benzene rings is 1. The van der Waals surface area contributed by atoms with Gasteiger partial charge in [0.1, 0.15) is 5.69 Å². The van der Waals surface area contributed by atoms with E-state index in [1.807, 2.05) is 12.1 Å². The number of hydrogen-bond donors (Lipinski definition) is 1. The molecule has 0 bridgehead atoms. The number of esters is 1. The summed E-state index contributed by atoms with van der Waals surface area (Å²) in [5, 5.41) is 0. The molecule has 0 aliphatic carbocycles. The molecule has 0 spiro atoms. The van der Waals surface area contributed by atoms with Gasteiger partial charge in [-0.25, -0.2) is 13.2 Å². The van der Waals surface area contributed by atoms with Gasteiger partial charge < -0.3 is 9.72 Å². The van der Waals surface area contributed by atoms with E-state index in [-0.39, 0.29) is 23.7 Å². The first-order valence-corrected chi connectivity index (χ1v) is 12.5. The second-order valence-electron chi connectivity index (χ2n) is 7.89. The number of aromatic amines is 1. The van der Waals surface area contributed by atoms with E-state index in [1.165, 1.54) is 16.4 Å². The fourth-order valence-electron chi connectivity index (χ4n) is 3.89. The van der Waals surface area contributed by atoms with Crippen LogP contribution in [0.15, 0.2) is 59.6 Å². The fourth-order valence-corrected chi connectivity index (χ4v) is 5.50. The Hall–Kier alpha value is -3.30. The van der Waals surface area contributed by atoms with Crippen molar-refractivity contribution in [2.75, 3.05) is 13.2 Å². The maximum atomic E-state index is 13.6. The zero-order valence-electron chi connectivity index (χ0n) is 19.7. The lowest BCUT2D eigenvalue weighted by atomic mass is 10.0. The van der Waals surface area contributed by atoms with E-state index >= 15 is 0 Å². The minimum Gasteiger partial charge on any atom is -0.461 e. The van der Waals surface area contributed by atoms with Crippen LogP contribution in [0.25, 0.3) is 0 Å². The van der Waals surface area contributed by atoms with E-state index in [0.717, 1.165) is 0 Å². The van der Waals surface area contributed by atoms with Crippen molar-refractivity contribution in [1.29, 1.82) is 0 Å². The standard InChI is InChI=1S/C25H29N3O5S/c1-5-33-25(30)23-17(2)22(18(3)27-23)24(29)19(4)28(16-14-20-11-9-10-15-26-20)34(31,32)21-12-7-6-8-13-21/h6-13,15,19,27H,5,14,16H2,1-4H3. The normalized spacial score (nSPS) is 12.5. The van der Waals surface area contributed by atoms with Crippen molar-refractivity contribution in [2.45, 2.75) is 45.1 Å². The van der Waals surface area contributed by atoms with Gasteiger partial charge in [-0.15, -0.1) is 0 Å². The summed E-state index contributed by atoms with van der Waals surface area (Å²) < 4.78 is 33.4. The van der Waals surface area contributed by atoms with Crippen LogP contribution in [0.4, 0.5) is 0 Å². The van der Waals surface area contributed by atoms with Gasteiger partial charge >= 0.3 is 5.97 Å². The van der Waals surface area contributed by atoms with Crippen LogP contribution in [0.3, 0.4) is 0 Å². The van der Waals surface area contributed by atoms with Crippen LogP contribution in [-0.2, 0) is 21.2 Å². The molecule has 0 aliphatic rings. The Morgan fingerprint density at radius 3 is 2.38 bits per heavy atom. The second kappa shape index (κ2) is 10.8. The number of hydrogen-bond acceptors (Lipinski definition) is 6. The Morgan fingerprint density at radius 1 is 1.09 bits per heavy atom. The summed E-state index contributed by atoms with van der Waals surface area (Å²) in [7, 11) is -3.98. The van der Waals surface area contributed by atoms with E-state index < -0.39 is 27.8 Å². The number of sulfonamides is 1. The van der Waals surface area contributed by atoms with Gasteiger partial charge in [-0.2, -0.15) is 4.31 Å². The first-order chi connectivity index (χ1) is 16.2. The minimum absolute atomic E-state index is 0.0639. The van der Waals surface area contributed by atoms with E-state index in [4.69, 9.17) is 4.74 Å². The molecule has 34 heavy (non-hydrogen) atoms. The van der Waals surface area contributed by atoms with Gasteiger partial charge in [0.15, 0.2) is 5.78 Å². The van der Waals surface area contributed by atoms with Gasteiger partial charge in [0.25, 0.3) is 0 Å². The first kappa shape index (κ1) is 25.3. The maximum absolute atomic E-state index is 13.6. The molecule has 0 aliphatic heterocycles. The molecular weight excluding hydrogens is 454 g/mol. The molecule has 180 valence electrons. The quantitative estimate of drug-likeness (QED) is 0.348. The molecule has 2 heterocycles. The van der Waals surface area contributed by atoms with Crippen LogP contribution in [0.2, 0.25) is 0 Å². The lowest BCUT2D eigenvalue weighted by Crippen LogP contribution is -2.44. The molecule has 3 aromatic rings. The molecule has 1 unspecified atom stereocenters. The predicted molar refractivity (Wildman–Crippen MR) is 128 cm³/mol. The van der Waals surface area contributed by atoms with Crippen LogP contribution >= 0.6 is 0 Å². The van der Waals surface area contributed by atoms with Crippen molar-refractivity contribution in [2.24, 2.45) is 0 Å². The third kappa shape index (κ3) is 5.26. The van der Waals surface area contributed by atoms with E-state index in [9.17, 15) is 18.0 Å². The number of nitrogens with zero attached hydrogens (tertiary/aromatic N) is 2. The number of carbonyl (C=O) groups excluding carboxylic acids is 2. The Labute approximate surface area is 200 Å². The predicted octanol–water partition coefficient (Wildman–Crippen LogP) is 3.71. The topological polar surface area (TPSA) is 109 Å². The monoisotopic (exact) mass is 483 g/mol. The Morgan fingerprint density at radius 2 is 1.76 bits per heavy atom. The molecule has 0 saturated heterocycles. The number of aromatic nitrogens is 2. The van der Waals surface area contributed by atoms with Crippen molar-refractivity contribution in [3.63, 3.8) is 0 Å². The molecule has 1 N–H and O–H groups in total. The Bertz CT molecular complexity index is 1250. The summed E-state index contributed by atoms with van der Waals surface area (Å²) in [6.07, 6.45) is 1.98. The highest BCUT2D eigenvalue weighted by molar-refractivity contribution is 7.89. The van der Waals surface area contributed by atoms with Crippen molar-refractivity contribution in [1.82, 2.24) is 14.3 Å². The van der Waals surface area contributed by atoms with Gasteiger partial charge in [-0.1, -0.05) is 24.3 Å². The van der Waals surface area contributed by atoms with Crippen LogP contribution in [0.5, 0.6) is 0 Å². The summed E-state index contributed by atoms with van der Waals surface area (Å²) >= 11 is 0. The molecule has 2 aromatic heterocycles. The minimum atomic E-state index is -3.98. The SMILES string of the molecule is CCOC(=O)c1[nH]c(C)c(C(=O)C(C)N(CCc2ccccn2)S(=O)(=O)c2ccccc2)c1C. The zero-order chi connectivity index (χ0) is 24.9. The van der Waals surface area contributed by atoms with Crippen molar-refractivity contribution in [3.8, 4) is 0 Å². The zero-order valence-corrected chi connectivity index (χ0v) is 20.6. The summed E-state index contributed by atoms with van der Waals surface area (Å²) in [5.41, 5.74) is 2.13. The number of nitrogens with one attached hydrogen (secondary N) is 1.